The molecular formula is C20H17NO5. The summed E-state index contributed by atoms with van der Waals surface area (Å²) in [6.07, 6.45) is 0. The van der Waals surface area contributed by atoms with Crippen molar-refractivity contribution in [2.45, 2.75) is 6.61 Å². The second-order valence-electron chi connectivity index (χ2n) is 5.41. The first-order valence-electron chi connectivity index (χ1n) is 7.97. The Morgan fingerprint density at radius 3 is 2.08 bits per heavy atom. The molecule has 26 heavy (non-hydrogen) atoms. The van der Waals surface area contributed by atoms with Crippen LogP contribution >= 0.6 is 0 Å². The minimum atomic E-state index is -0.470. The van der Waals surface area contributed by atoms with Crippen molar-refractivity contribution in [1.29, 1.82) is 0 Å². The molecule has 0 aliphatic rings. The van der Waals surface area contributed by atoms with Gasteiger partial charge in [-0.2, -0.15) is 0 Å². The van der Waals surface area contributed by atoms with Crippen LogP contribution in [0.25, 0.3) is 0 Å². The Labute approximate surface area is 150 Å². The molecule has 3 aromatic rings. The van der Waals surface area contributed by atoms with E-state index in [9.17, 15) is 10.1 Å². The number of hydrogen-bond acceptors (Lipinski definition) is 5. The number of non-ortho nitro benzene ring substituents is 1. The first-order valence-corrected chi connectivity index (χ1v) is 7.97. The maximum absolute atomic E-state index is 10.7. The van der Waals surface area contributed by atoms with Crippen LogP contribution in [-0.4, -0.2) is 11.7 Å². The lowest BCUT2D eigenvalue weighted by Gasteiger charge is -2.10. The molecule has 0 amide bonds. The average Bonchev–Trinajstić information content (AvgIpc) is 2.68. The molecule has 6 nitrogen and oxygen atoms in total. The quantitative estimate of drug-likeness (QED) is 0.337. The van der Waals surface area contributed by atoms with Gasteiger partial charge in [-0.3, -0.25) is 10.1 Å². The van der Waals surface area contributed by atoms with Gasteiger partial charge in [0.05, 0.1) is 11.0 Å². The Bertz CT molecular complexity index is 850. The van der Waals surface area contributed by atoms with E-state index in [0.29, 0.717) is 18.1 Å². The molecule has 0 spiro atoms. The minimum absolute atomic E-state index is 0.0255. The van der Waals surface area contributed by atoms with Crippen LogP contribution in [0.3, 0.4) is 0 Å². The highest BCUT2D eigenvalue weighted by Gasteiger charge is 2.06. The van der Waals surface area contributed by atoms with E-state index in [1.54, 1.807) is 24.3 Å². The average molecular weight is 351 g/mol. The molecule has 0 heterocycles. The van der Waals surface area contributed by atoms with Gasteiger partial charge in [0.25, 0.3) is 5.69 Å². The number of benzene rings is 3. The van der Waals surface area contributed by atoms with E-state index in [2.05, 4.69) is 0 Å². The summed E-state index contributed by atoms with van der Waals surface area (Å²) in [6, 6.07) is 23.0. The van der Waals surface area contributed by atoms with Crippen LogP contribution in [0.1, 0.15) is 5.56 Å². The SMILES string of the molecule is O=[N+]([O-])c1cccc(OCOc2ccc(OCc3ccccc3)cc2)c1. The van der Waals surface area contributed by atoms with Crippen LogP contribution in [0.15, 0.2) is 78.9 Å². The highest BCUT2D eigenvalue weighted by Crippen LogP contribution is 2.21. The van der Waals surface area contributed by atoms with Crippen molar-refractivity contribution in [2.24, 2.45) is 0 Å². The van der Waals surface area contributed by atoms with Crippen LogP contribution in [-0.2, 0) is 6.61 Å². The third kappa shape index (κ3) is 4.98. The summed E-state index contributed by atoms with van der Waals surface area (Å²) >= 11 is 0. The van der Waals surface area contributed by atoms with Gasteiger partial charge in [-0.05, 0) is 35.9 Å². The van der Waals surface area contributed by atoms with E-state index in [-0.39, 0.29) is 12.5 Å². The summed E-state index contributed by atoms with van der Waals surface area (Å²) in [6.45, 7) is 0.447. The second kappa shape index (κ2) is 8.53. The fourth-order valence-corrected chi connectivity index (χ4v) is 2.23. The molecule has 0 atom stereocenters. The Kier molecular flexibility index (Phi) is 5.67. The van der Waals surface area contributed by atoms with Crippen molar-refractivity contribution in [3.8, 4) is 17.2 Å². The highest BCUT2D eigenvalue weighted by molar-refractivity contribution is 5.38. The van der Waals surface area contributed by atoms with Crippen LogP contribution in [0, 0.1) is 10.1 Å². The molecule has 0 saturated carbocycles. The molecule has 0 aromatic heterocycles. The lowest BCUT2D eigenvalue weighted by atomic mass is 10.2. The molecule has 0 N–H and O–H groups in total. The summed E-state index contributed by atoms with van der Waals surface area (Å²) < 4.78 is 16.6. The zero-order chi connectivity index (χ0) is 18.2. The number of nitro groups is 1. The van der Waals surface area contributed by atoms with Gasteiger partial charge in [0.1, 0.15) is 23.9 Å². The third-order valence-electron chi connectivity index (χ3n) is 3.55. The molecular weight excluding hydrogens is 334 g/mol. The van der Waals surface area contributed by atoms with Gasteiger partial charge in [-0.25, -0.2) is 0 Å². The van der Waals surface area contributed by atoms with Gasteiger partial charge < -0.3 is 14.2 Å². The van der Waals surface area contributed by atoms with Crippen LogP contribution in [0.4, 0.5) is 5.69 Å². The largest absolute Gasteiger partial charge is 0.489 e. The molecule has 0 bridgehead atoms. The molecule has 0 aliphatic carbocycles. The first-order chi connectivity index (χ1) is 12.7. The zero-order valence-electron chi connectivity index (χ0n) is 13.9. The molecule has 0 unspecified atom stereocenters. The molecule has 6 heteroatoms. The Balaban J connectivity index is 1.47. The molecule has 3 rings (SSSR count). The van der Waals surface area contributed by atoms with Crippen LogP contribution in [0.5, 0.6) is 17.2 Å². The molecule has 3 aromatic carbocycles. The number of nitro benzene ring substituents is 1. The van der Waals surface area contributed by atoms with Crippen LogP contribution < -0.4 is 14.2 Å². The first kappa shape index (κ1) is 17.3. The summed E-state index contributed by atoms with van der Waals surface area (Å²) in [5, 5.41) is 10.7. The van der Waals surface area contributed by atoms with Gasteiger partial charge in [0.2, 0.25) is 6.79 Å². The van der Waals surface area contributed by atoms with Crippen molar-refractivity contribution in [2.75, 3.05) is 6.79 Å². The summed E-state index contributed by atoms with van der Waals surface area (Å²) in [5.41, 5.74) is 1.07. The standard InChI is InChI=1S/C20H17NO5/c22-21(23)17-7-4-8-20(13-17)26-15-25-19-11-9-18(10-12-19)24-14-16-5-2-1-3-6-16/h1-13H,14-15H2. The van der Waals surface area contributed by atoms with Gasteiger partial charge in [0.15, 0.2) is 0 Å². The molecule has 0 radical (unpaired) electrons. The number of rotatable bonds is 8. The Morgan fingerprint density at radius 2 is 1.38 bits per heavy atom. The molecule has 0 saturated heterocycles. The minimum Gasteiger partial charge on any atom is -0.489 e. The smallest absolute Gasteiger partial charge is 0.273 e. The molecule has 0 aliphatic heterocycles. The highest BCUT2D eigenvalue weighted by atomic mass is 16.7. The van der Waals surface area contributed by atoms with Crippen molar-refractivity contribution in [3.63, 3.8) is 0 Å². The van der Waals surface area contributed by atoms with Crippen molar-refractivity contribution >= 4 is 5.69 Å². The normalized spacial score (nSPS) is 10.2. The number of nitrogens with zero attached hydrogens (tertiary/aromatic N) is 1. The summed E-state index contributed by atoms with van der Waals surface area (Å²) in [5.74, 6) is 1.73. The van der Waals surface area contributed by atoms with Gasteiger partial charge in [0, 0.05) is 6.07 Å². The van der Waals surface area contributed by atoms with Crippen molar-refractivity contribution < 1.29 is 19.1 Å². The van der Waals surface area contributed by atoms with Gasteiger partial charge in [-0.1, -0.05) is 36.4 Å². The second-order valence-corrected chi connectivity index (χ2v) is 5.41. The maximum Gasteiger partial charge on any atom is 0.273 e. The third-order valence-corrected chi connectivity index (χ3v) is 3.55. The summed E-state index contributed by atoms with van der Waals surface area (Å²) in [7, 11) is 0. The fraction of sp³-hybridized carbons (Fsp3) is 0.100. The van der Waals surface area contributed by atoms with E-state index in [1.165, 1.54) is 12.1 Å². The Hall–Kier alpha value is -3.54. The predicted octanol–water partition coefficient (Wildman–Crippen LogP) is 4.59. The zero-order valence-corrected chi connectivity index (χ0v) is 13.9. The molecule has 0 fully saturated rings. The topological polar surface area (TPSA) is 70.8 Å². The van der Waals surface area contributed by atoms with E-state index in [1.807, 2.05) is 42.5 Å². The van der Waals surface area contributed by atoms with E-state index >= 15 is 0 Å². The van der Waals surface area contributed by atoms with Crippen LogP contribution in [0.2, 0.25) is 0 Å². The fourth-order valence-electron chi connectivity index (χ4n) is 2.23. The van der Waals surface area contributed by atoms with Crippen molar-refractivity contribution in [3.05, 3.63) is 94.5 Å². The van der Waals surface area contributed by atoms with E-state index in [4.69, 9.17) is 14.2 Å². The van der Waals surface area contributed by atoms with E-state index < -0.39 is 4.92 Å². The van der Waals surface area contributed by atoms with Gasteiger partial charge in [-0.15, -0.1) is 0 Å². The summed E-state index contributed by atoms with van der Waals surface area (Å²) in [4.78, 5) is 10.3. The monoisotopic (exact) mass is 351 g/mol. The lowest BCUT2D eigenvalue weighted by molar-refractivity contribution is -0.384. The maximum atomic E-state index is 10.7. The molecule has 132 valence electrons. The Morgan fingerprint density at radius 1 is 0.731 bits per heavy atom. The van der Waals surface area contributed by atoms with E-state index in [0.717, 1.165) is 11.3 Å². The van der Waals surface area contributed by atoms with Gasteiger partial charge >= 0.3 is 0 Å². The lowest BCUT2D eigenvalue weighted by Crippen LogP contribution is -2.05. The number of hydrogen-bond donors (Lipinski definition) is 0. The van der Waals surface area contributed by atoms with Crippen molar-refractivity contribution in [1.82, 2.24) is 0 Å². The number of ether oxygens (including phenoxy) is 3. The predicted molar refractivity (Wildman–Crippen MR) is 96.4 cm³/mol.